The van der Waals surface area contributed by atoms with Crippen LogP contribution in [-0.4, -0.2) is 43.4 Å². The molecule has 168 valence electrons. The minimum absolute atomic E-state index is 0.0270. The summed E-state index contributed by atoms with van der Waals surface area (Å²) < 4.78 is 0. The number of amides is 1. The van der Waals surface area contributed by atoms with Crippen LogP contribution in [-0.2, 0) is 17.9 Å². The number of aliphatic imine (C=N–C) groups is 1. The first kappa shape index (κ1) is 24.4. The van der Waals surface area contributed by atoms with Crippen molar-refractivity contribution in [3.05, 3.63) is 65.7 Å². The van der Waals surface area contributed by atoms with Crippen molar-refractivity contribution in [2.45, 2.75) is 46.3 Å². The average molecular weight is 424 g/mol. The molecule has 6 heteroatoms. The van der Waals surface area contributed by atoms with E-state index in [1.165, 1.54) is 5.56 Å². The van der Waals surface area contributed by atoms with Gasteiger partial charge in [-0.15, -0.1) is 0 Å². The van der Waals surface area contributed by atoms with Crippen molar-refractivity contribution in [2.24, 2.45) is 10.9 Å². The number of carbonyl (C=O) groups is 1. The normalized spacial score (nSPS) is 12.7. The molecule has 0 radical (unpaired) electrons. The topological polar surface area (TPSA) is 68.8 Å². The molecule has 0 bridgehead atoms. The van der Waals surface area contributed by atoms with Crippen LogP contribution in [0.25, 0.3) is 0 Å². The monoisotopic (exact) mass is 423 g/mol. The predicted molar refractivity (Wildman–Crippen MR) is 130 cm³/mol. The van der Waals surface area contributed by atoms with E-state index >= 15 is 0 Å². The van der Waals surface area contributed by atoms with E-state index in [9.17, 15) is 4.79 Å². The molecule has 2 rings (SSSR count). The highest BCUT2D eigenvalue weighted by Gasteiger charge is 2.10. The Hall–Kier alpha value is -2.86. The van der Waals surface area contributed by atoms with Gasteiger partial charge < -0.3 is 16.0 Å². The van der Waals surface area contributed by atoms with Crippen molar-refractivity contribution in [1.29, 1.82) is 0 Å². The third-order valence-corrected chi connectivity index (χ3v) is 5.31. The van der Waals surface area contributed by atoms with Gasteiger partial charge in [-0.3, -0.25) is 14.7 Å². The lowest BCUT2D eigenvalue weighted by atomic mass is 10.1. The van der Waals surface area contributed by atoms with Gasteiger partial charge in [-0.05, 0) is 43.7 Å². The lowest BCUT2D eigenvalue weighted by molar-refractivity contribution is -0.118. The maximum absolute atomic E-state index is 11.8. The summed E-state index contributed by atoms with van der Waals surface area (Å²) in [6, 6.07) is 18.9. The van der Waals surface area contributed by atoms with E-state index < -0.39 is 0 Å². The fourth-order valence-electron chi connectivity index (χ4n) is 3.05. The zero-order valence-electron chi connectivity index (χ0n) is 19.5. The second-order valence-electron chi connectivity index (χ2n) is 8.23. The van der Waals surface area contributed by atoms with Crippen molar-refractivity contribution in [3.8, 4) is 0 Å². The number of guanidine groups is 1. The summed E-state index contributed by atoms with van der Waals surface area (Å²) >= 11 is 0. The van der Waals surface area contributed by atoms with Gasteiger partial charge in [-0.1, -0.05) is 56.3 Å². The molecule has 3 N–H and O–H groups in total. The number of rotatable bonds is 10. The predicted octanol–water partition coefficient (Wildman–Crippen LogP) is 3.86. The van der Waals surface area contributed by atoms with Crippen molar-refractivity contribution in [1.82, 2.24) is 15.5 Å². The Kier molecular flexibility index (Phi) is 10.0. The number of hydrogen-bond donors (Lipinski definition) is 3. The molecule has 2 aromatic carbocycles. The molecule has 0 fully saturated rings. The molecule has 1 unspecified atom stereocenters. The van der Waals surface area contributed by atoms with Gasteiger partial charge in [0.1, 0.15) is 0 Å². The Bertz CT molecular complexity index is 818. The fraction of sp³-hybridized carbons (Fsp3) is 0.440. The molecule has 2 aromatic rings. The Labute approximate surface area is 187 Å². The van der Waals surface area contributed by atoms with Gasteiger partial charge in [0.25, 0.3) is 0 Å². The van der Waals surface area contributed by atoms with E-state index in [4.69, 9.17) is 0 Å². The molecule has 0 heterocycles. The molecule has 1 atom stereocenters. The molecule has 0 aromatic heterocycles. The van der Waals surface area contributed by atoms with Crippen LogP contribution in [0, 0.1) is 5.92 Å². The maximum atomic E-state index is 11.8. The minimum Gasteiger partial charge on any atom is -0.356 e. The van der Waals surface area contributed by atoms with Gasteiger partial charge in [0.2, 0.25) is 5.91 Å². The highest BCUT2D eigenvalue weighted by atomic mass is 16.1. The molecule has 0 saturated heterocycles. The summed E-state index contributed by atoms with van der Waals surface area (Å²) in [6.07, 6.45) is 1.02. The molecule has 0 spiro atoms. The Morgan fingerprint density at radius 2 is 1.65 bits per heavy atom. The van der Waals surface area contributed by atoms with E-state index in [1.807, 2.05) is 38.1 Å². The smallest absolute Gasteiger partial charge is 0.226 e. The van der Waals surface area contributed by atoms with Crippen LogP contribution in [0.1, 0.15) is 38.3 Å². The van der Waals surface area contributed by atoms with Crippen LogP contribution < -0.4 is 16.0 Å². The Balaban J connectivity index is 1.71. The standard InChI is InChI=1S/C25H37N5O/c1-19(2)24(31)29-23-13-11-21(12-14-23)17-28-25(26-4)27-16-15-20(3)30(5)18-22-9-7-6-8-10-22/h6-14,19-20H,15-18H2,1-5H3,(H,29,31)(H2,26,27,28). The molecule has 6 nitrogen and oxygen atoms in total. The van der Waals surface area contributed by atoms with E-state index in [0.717, 1.165) is 36.7 Å². The summed E-state index contributed by atoms with van der Waals surface area (Å²) in [4.78, 5) is 18.5. The summed E-state index contributed by atoms with van der Waals surface area (Å²) in [7, 11) is 3.95. The number of nitrogens with one attached hydrogen (secondary N) is 3. The fourth-order valence-corrected chi connectivity index (χ4v) is 3.05. The van der Waals surface area contributed by atoms with Crippen LogP contribution in [0.4, 0.5) is 5.69 Å². The largest absolute Gasteiger partial charge is 0.356 e. The quantitative estimate of drug-likeness (QED) is 0.401. The number of carbonyl (C=O) groups excluding carboxylic acids is 1. The lowest BCUT2D eigenvalue weighted by Gasteiger charge is -2.25. The van der Waals surface area contributed by atoms with Crippen LogP contribution in [0.5, 0.6) is 0 Å². The second kappa shape index (κ2) is 12.7. The Morgan fingerprint density at radius 1 is 0.968 bits per heavy atom. The van der Waals surface area contributed by atoms with Crippen LogP contribution in [0.3, 0.4) is 0 Å². The summed E-state index contributed by atoms with van der Waals surface area (Å²) in [6.45, 7) is 8.48. The van der Waals surface area contributed by atoms with E-state index in [2.05, 4.69) is 70.1 Å². The third kappa shape index (κ3) is 8.80. The van der Waals surface area contributed by atoms with E-state index in [0.29, 0.717) is 12.6 Å². The van der Waals surface area contributed by atoms with Crippen molar-refractivity contribution < 1.29 is 4.79 Å². The van der Waals surface area contributed by atoms with Crippen LogP contribution in [0.2, 0.25) is 0 Å². The summed E-state index contributed by atoms with van der Waals surface area (Å²) in [5, 5.41) is 9.65. The van der Waals surface area contributed by atoms with E-state index in [1.54, 1.807) is 7.05 Å². The number of benzene rings is 2. The molecule has 0 aliphatic carbocycles. The molecular formula is C25H37N5O. The number of hydrogen-bond acceptors (Lipinski definition) is 3. The number of anilines is 1. The zero-order chi connectivity index (χ0) is 22.6. The van der Waals surface area contributed by atoms with Crippen LogP contribution in [0.15, 0.2) is 59.6 Å². The molecule has 31 heavy (non-hydrogen) atoms. The van der Waals surface area contributed by atoms with Gasteiger partial charge in [0.05, 0.1) is 0 Å². The Morgan fingerprint density at radius 3 is 2.26 bits per heavy atom. The third-order valence-electron chi connectivity index (χ3n) is 5.31. The van der Waals surface area contributed by atoms with Crippen LogP contribution >= 0.6 is 0 Å². The molecule has 0 aliphatic rings. The molecule has 0 saturated carbocycles. The highest BCUT2D eigenvalue weighted by molar-refractivity contribution is 5.92. The SMILES string of the molecule is CN=C(NCCC(C)N(C)Cc1ccccc1)NCc1ccc(NC(=O)C(C)C)cc1. The highest BCUT2D eigenvalue weighted by Crippen LogP contribution is 2.11. The first-order valence-electron chi connectivity index (χ1n) is 11.0. The van der Waals surface area contributed by atoms with Crippen molar-refractivity contribution >= 4 is 17.6 Å². The van der Waals surface area contributed by atoms with Crippen molar-refractivity contribution in [2.75, 3.05) is 26.0 Å². The second-order valence-corrected chi connectivity index (χ2v) is 8.23. The van der Waals surface area contributed by atoms with Gasteiger partial charge in [0.15, 0.2) is 5.96 Å². The summed E-state index contributed by atoms with van der Waals surface area (Å²) in [5.41, 5.74) is 3.28. The molecule has 1 amide bonds. The first-order chi connectivity index (χ1) is 14.9. The van der Waals surface area contributed by atoms with Gasteiger partial charge in [-0.2, -0.15) is 0 Å². The molecule has 0 aliphatic heterocycles. The van der Waals surface area contributed by atoms with Gasteiger partial charge in [0, 0.05) is 44.3 Å². The minimum atomic E-state index is -0.0309. The van der Waals surface area contributed by atoms with Gasteiger partial charge in [-0.25, -0.2) is 0 Å². The first-order valence-corrected chi connectivity index (χ1v) is 11.0. The zero-order valence-corrected chi connectivity index (χ0v) is 19.5. The maximum Gasteiger partial charge on any atom is 0.226 e. The lowest BCUT2D eigenvalue weighted by Crippen LogP contribution is -2.39. The van der Waals surface area contributed by atoms with Gasteiger partial charge >= 0.3 is 0 Å². The van der Waals surface area contributed by atoms with Crippen molar-refractivity contribution in [3.63, 3.8) is 0 Å². The molecular weight excluding hydrogens is 386 g/mol. The number of nitrogens with zero attached hydrogens (tertiary/aromatic N) is 2. The van der Waals surface area contributed by atoms with E-state index in [-0.39, 0.29) is 11.8 Å². The summed E-state index contributed by atoms with van der Waals surface area (Å²) in [5.74, 6) is 0.783. The average Bonchev–Trinajstić information content (AvgIpc) is 2.77.